The van der Waals surface area contributed by atoms with Gasteiger partial charge in [-0.1, -0.05) is 71.1 Å². The van der Waals surface area contributed by atoms with Gasteiger partial charge in [-0.25, -0.2) is 8.42 Å². The zero-order valence-corrected chi connectivity index (χ0v) is 13.8. The van der Waals surface area contributed by atoms with E-state index in [9.17, 15) is 17.8 Å². The third-order valence-corrected chi connectivity index (χ3v) is 4.03. The molecule has 0 aliphatic rings. The molecule has 0 rings (SSSR count). The summed E-state index contributed by atoms with van der Waals surface area (Å²) in [6, 6.07) is 0. The van der Waals surface area contributed by atoms with E-state index in [1.165, 1.54) is 44.9 Å². The van der Waals surface area contributed by atoms with Crippen molar-refractivity contribution in [1.29, 1.82) is 0 Å². The Kier molecular flexibility index (Phi) is 15.9. The van der Waals surface area contributed by atoms with Gasteiger partial charge in [-0.15, -0.1) is 0 Å². The maximum absolute atomic E-state index is 10.8. The topological polar surface area (TPSA) is 74.3 Å². The fraction of sp³-hybridized carbons (Fsp3) is 0.929. The molecule has 0 unspecified atom stereocenters. The van der Waals surface area contributed by atoms with Gasteiger partial charge in [0.05, 0.1) is 0 Å². The minimum Gasteiger partial charge on any atom is -0.742 e. The molecule has 0 spiro atoms. The first-order valence-corrected chi connectivity index (χ1v) is 8.88. The van der Waals surface area contributed by atoms with E-state index in [2.05, 4.69) is 6.92 Å². The average molecular weight is 298 g/mol. The van der Waals surface area contributed by atoms with E-state index in [1.54, 1.807) is 0 Å². The first-order valence-electron chi connectivity index (χ1n) is 7.47. The Balaban J connectivity index is 0. The van der Waals surface area contributed by atoms with Crippen LogP contribution in [0.25, 0.3) is 0 Å². The second-order valence-corrected chi connectivity index (χ2v) is 6.48. The second-order valence-electron chi connectivity index (χ2n) is 5.11. The molecular formula is C14H27LiO4S. The van der Waals surface area contributed by atoms with Crippen molar-refractivity contribution >= 4 is 15.2 Å². The molecule has 0 aromatic carbocycles. The average Bonchev–Trinajstić information content (AvgIpc) is 2.34. The summed E-state index contributed by atoms with van der Waals surface area (Å²) in [4.78, 5) is 10.8. The molecule has 20 heavy (non-hydrogen) atoms. The van der Waals surface area contributed by atoms with Gasteiger partial charge in [0.2, 0.25) is 5.12 Å². The van der Waals surface area contributed by atoms with Crippen molar-refractivity contribution in [2.75, 3.05) is 0 Å². The monoisotopic (exact) mass is 298 g/mol. The van der Waals surface area contributed by atoms with Crippen LogP contribution in [0.15, 0.2) is 0 Å². The standard InChI is InChI=1S/C14H28O4S.Li/c1-2-3-4-5-6-7-8-9-10-11-12-13-14(15)19(16,17)18;/h2-13H2,1H3,(H,16,17,18);/q;+1/p-1. The zero-order chi connectivity index (χ0) is 14.6. The minimum absolute atomic E-state index is 0. The van der Waals surface area contributed by atoms with E-state index in [4.69, 9.17) is 0 Å². The van der Waals surface area contributed by atoms with Gasteiger partial charge in [-0.2, -0.15) is 0 Å². The summed E-state index contributed by atoms with van der Waals surface area (Å²) in [5.74, 6) is 0. The van der Waals surface area contributed by atoms with Gasteiger partial charge in [-0.3, -0.25) is 4.79 Å². The SMILES string of the molecule is CCCCCCCCCCCCCC(=O)S(=O)(=O)[O-].[Li+]. The van der Waals surface area contributed by atoms with Gasteiger partial charge in [0.1, 0.15) is 0 Å². The van der Waals surface area contributed by atoms with Crippen LogP contribution in [0, 0.1) is 0 Å². The molecular weight excluding hydrogens is 271 g/mol. The Morgan fingerprint density at radius 3 is 1.50 bits per heavy atom. The second kappa shape index (κ2) is 14.1. The number of carbonyl (C=O) groups is 1. The van der Waals surface area contributed by atoms with Crippen LogP contribution in [0.3, 0.4) is 0 Å². The van der Waals surface area contributed by atoms with Gasteiger partial charge in [0.15, 0.2) is 10.1 Å². The molecule has 0 fully saturated rings. The predicted octanol–water partition coefficient (Wildman–Crippen LogP) is 0.763. The Hall–Kier alpha value is 0.177. The summed E-state index contributed by atoms with van der Waals surface area (Å²) >= 11 is 0. The van der Waals surface area contributed by atoms with Crippen molar-refractivity contribution in [3.63, 3.8) is 0 Å². The van der Waals surface area contributed by atoms with Crippen molar-refractivity contribution in [3.05, 3.63) is 0 Å². The molecule has 6 heteroatoms. The Labute approximate surface area is 136 Å². The fourth-order valence-electron chi connectivity index (χ4n) is 2.06. The first-order chi connectivity index (χ1) is 8.98. The van der Waals surface area contributed by atoms with E-state index >= 15 is 0 Å². The normalized spacial score (nSPS) is 11.1. The van der Waals surface area contributed by atoms with Crippen LogP contribution >= 0.6 is 0 Å². The van der Waals surface area contributed by atoms with E-state index < -0.39 is 15.2 Å². The van der Waals surface area contributed by atoms with Crippen molar-refractivity contribution in [2.45, 2.75) is 84.0 Å². The molecule has 0 saturated heterocycles. The van der Waals surface area contributed by atoms with E-state index in [0.717, 1.165) is 19.3 Å². The van der Waals surface area contributed by atoms with Crippen LogP contribution in [-0.2, 0) is 14.9 Å². The Morgan fingerprint density at radius 2 is 1.15 bits per heavy atom. The van der Waals surface area contributed by atoms with Crippen molar-refractivity contribution in [2.24, 2.45) is 0 Å². The molecule has 0 aliphatic carbocycles. The molecule has 0 amide bonds. The molecule has 4 nitrogen and oxygen atoms in total. The third-order valence-electron chi connectivity index (χ3n) is 3.26. The molecule has 0 bridgehead atoms. The third kappa shape index (κ3) is 14.6. The maximum atomic E-state index is 10.8. The minimum atomic E-state index is -4.70. The molecule has 0 saturated carbocycles. The summed E-state index contributed by atoms with van der Waals surface area (Å²) in [6.45, 7) is 2.21. The summed E-state index contributed by atoms with van der Waals surface area (Å²) < 4.78 is 31.0. The van der Waals surface area contributed by atoms with Crippen LogP contribution in [0.4, 0.5) is 0 Å². The zero-order valence-electron chi connectivity index (χ0n) is 13.0. The van der Waals surface area contributed by atoms with Gasteiger partial charge in [0, 0.05) is 6.42 Å². The fourth-order valence-corrected chi connectivity index (χ4v) is 2.45. The van der Waals surface area contributed by atoms with Gasteiger partial charge in [-0.05, 0) is 6.42 Å². The predicted molar refractivity (Wildman–Crippen MR) is 75.8 cm³/mol. The Morgan fingerprint density at radius 1 is 0.800 bits per heavy atom. The van der Waals surface area contributed by atoms with Crippen LogP contribution in [0.1, 0.15) is 84.0 Å². The molecule has 0 heterocycles. The summed E-state index contributed by atoms with van der Waals surface area (Å²) in [6.07, 6.45) is 12.4. The van der Waals surface area contributed by atoms with Crippen LogP contribution in [-0.4, -0.2) is 18.1 Å². The molecule has 0 atom stereocenters. The number of hydrogen-bond acceptors (Lipinski definition) is 4. The van der Waals surface area contributed by atoms with E-state index in [1.807, 2.05) is 0 Å². The number of rotatable bonds is 12. The van der Waals surface area contributed by atoms with E-state index in [-0.39, 0.29) is 25.3 Å². The maximum Gasteiger partial charge on any atom is 1.00 e. The van der Waals surface area contributed by atoms with Crippen molar-refractivity contribution in [1.82, 2.24) is 0 Å². The van der Waals surface area contributed by atoms with E-state index in [0.29, 0.717) is 6.42 Å². The molecule has 0 aliphatic heterocycles. The molecule has 0 radical (unpaired) electrons. The first kappa shape index (κ1) is 22.5. The van der Waals surface area contributed by atoms with Gasteiger partial charge < -0.3 is 4.55 Å². The summed E-state index contributed by atoms with van der Waals surface area (Å²) in [5, 5.41) is -1.16. The molecule has 0 N–H and O–H groups in total. The number of carbonyl (C=O) groups excluding carboxylic acids is 1. The van der Waals surface area contributed by atoms with Gasteiger partial charge in [0.25, 0.3) is 0 Å². The largest absolute Gasteiger partial charge is 1.00 e. The molecule has 0 aromatic rings. The Bertz CT molecular complexity index is 328. The van der Waals surface area contributed by atoms with Crippen molar-refractivity contribution < 1.29 is 36.6 Å². The summed E-state index contributed by atoms with van der Waals surface area (Å²) in [5.41, 5.74) is 0. The van der Waals surface area contributed by atoms with Crippen molar-refractivity contribution in [3.8, 4) is 0 Å². The van der Waals surface area contributed by atoms with Gasteiger partial charge >= 0.3 is 18.9 Å². The number of unbranched alkanes of at least 4 members (excludes halogenated alkanes) is 10. The van der Waals surface area contributed by atoms with Crippen LogP contribution < -0.4 is 18.9 Å². The summed E-state index contributed by atoms with van der Waals surface area (Å²) in [7, 11) is -4.70. The smallest absolute Gasteiger partial charge is 0.742 e. The van der Waals surface area contributed by atoms with Crippen LogP contribution in [0.2, 0.25) is 0 Å². The molecule has 0 aromatic heterocycles. The molecule has 114 valence electrons. The van der Waals surface area contributed by atoms with Crippen LogP contribution in [0.5, 0.6) is 0 Å². The quantitative estimate of drug-likeness (QED) is 0.303. The number of hydrogen-bond donors (Lipinski definition) is 0.